The molecule has 0 bridgehead atoms. The molecule has 0 atom stereocenters. The number of esters is 1. The van der Waals surface area contributed by atoms with Gasteiger partial charge in [-0.05, 0) is 24.6 Å². The number of Topliss-reactive ketones (excluding diaryl/α,β-unsaturated/α-hetero) is 1. The van der Waals surface area contributed by atoms with Gasteiger partial charge in [-0.3, -0.25) is 10.2 Å². The fraction of sp³-hybridized carbons (Fsp3) is 0.438. The molecule has 7 heteroatoms. The first-order valence-electron chi connectivity index (χ1n) is 6.97. The summed E-state index contributed by atoms with van der Waals surface area (Å²) in [6.45, 7) is 6.07. The standard InChI is InChI=1S/C11H11BrO3.C3H8N2O.C2H6/c1-7-3-4-8(11(14)15-2)5-9(7)10(13)6-12;1-6-2-3(4)5;1-2/h3-5H,6H2,1-2H3;2H2,1H3,(H3,4,5);1-2H3. The third-order valence-electron chi connectivity index (χ3n) is 2.38. The Kier molecular flexibility index (Phi) is 14.2. The van der Waals surface area contributed by atoms with Gasteiger partial charge in [0.15, 0.2) is 5.78 Å². The number of methoxy groups -OCH3 is 2. The molecule has 0 saturated heterocycles. The van der Waals surface area contributed by atoms with Crippen LogP contribution in [-0.2, 0) is 9.47 Å². The number of carbonyl (C=O) groups excluding carboxylic acids is 2. The van der Waals surface area contributed by atoms with Crippen LogP contribution in [0.2, 0.25) is 0 Å². The van der Waals surface area contributed by atoms with Crippen molar-refractivity contribution in [2.75, 3.05) is 26.2 Å². The molecule has 0 amide bonds. The summed E-state index contributed by atoms with van der Waals surface area (Å²) in [5.74, 6) is -0.408. The van der Waals surface area contributed by atoms with Gasteiger partial charge < -0.3 is 15.2 Å². The second-order valence-electron chi connectivity index (χ2n) is 4.04. The molecule has 0 aliphatic rings. The van der Waals surface area contributed by atoms with Crippen LogP contribution in [0, 0.1) is 12.3 Å². The molecule has 0 unspecified atom stereocenters. The van der Waals surface area contributed by atoms with E-state index in [0.717, 1.165) is 5.56 Å². The number of nitrogens with one attached hydrogen (secondary N) is 1. The highest BCUT2D eigenvalue weighted by atomic mass is 79.9. The van der Waals surface area contributed by atoms with Crippen molar-refractivity contribution in [2.45, 2.75) is 20.8 Å². The molecule has 0 spiro atoms. The molecule has 0 fully saturated rings. The van der Waals surface area contributed by atoms with Crippen LogP contribution >= 0.6 is 15.9 Å². The molecule has 3 N–H and O–H groups in total. The third kappa shape index (κ3) is 9.80. The Hall–Kier alpha value is -1.73. The fourth-order valence-electron chi connectivity index (χ4n) is 1.39. The van der Waals surface area contributed by atoms with Crippen molar-refractivity contribution >= 4 is 33.5 Å². The van der Waals surface area contributed by atoms with Crippen molar-refractivity contribution in [3.8, 4) is 0 Å². The Bertz CT molecular complexity index is 519. The van der Waals surface area contributed by atoms with Crippen molar-refractivity contribution in [2.24, 2.45) is 5.73 Å². The maximum atomic E-state index is 11.5. The van der Waals surface area contributed by atoms with Crippen LogP contribution in [0.15, 0.2) is 18.2 Å². The van der Waals surface area contributed by atoms with E-state index in [1.54, 1.807) is 18.2 Å². The third-order valence-corrected chi connectivity index (χ3v) is 2.89. The first-order chi connectivity index (χ1) is 10.9. The number of amidine groups is 1. The lowest BCUT2D eigenvalue weighted by Crippen LogP contribution is -2.15. The lowest BCUT2D eigenvalue weighted by atomic mass is 10.0. The Labute approximate surface area is 146 Å². The molecule has 1 aromatic rings. The van der Waals surface area contributed by atoms with Gasteiger partial charge in [-0.15, -0.1) is 0 Å². The van der Waals surface area contributed by atoms with E-state index in [0.29, 0.717) is 11.1 Å². The second-order valence-corrected chi connectivity index (χ2v) is 4.60. The zero-order valence-electron chi connectivity index (χ0n) is 14.2. The molecule has 1 rings (SSSR count). The number of aryl methyl sites for hydroxylation is 1. The number of hydrogen-bond donors (Lipinski definition) is 2. The monoisotopic (exact) mass is 388 g/mol. The first kappa shape index (κ1) is 23.5. The number of rotatable bonds is 5. The summed E-state index contributed by atoms with van der Waals surface area (Å²) >= 11 is 3.10. The van der Waals surface area contributed by atoms with Gasteiger partial charge in [0, 0.05) is 12.7 Å². The van der Waals surface area contributed by atoms with Crippen LogP contribution in [0.1, 0.15) is 40.1 Å². The number of nitrogens with two attached hydrogens (primary N) is 1. The van der Waals surface area contributed by atoms with E-state index in [4.69, 9.17) is 11.1 Å². The van der Waals surface area contributed by atoms with Crippen molar-refractivity contribution < 1.29 is 19.1 Å². The number of ketones is 1. The van der Waals surface area contributed by atoms with Crippen molar-refractivity contribution in [1.82, 2.24) is 0 Å². The molecule has 0 saturated carbocycles. The number of benzene rings is 1. The lowest BCUT2D eigenvalue weighted by molar-refractivity contribution is 0.0600. The normalized spacial score (nSPS) is 8.78. The minimum atomic E-state index is -0.432. The van der Waals surface area contributed by atoms with Crippen LogP contribution in [0.4, 0.5) is 0 Å². The zero-order valence-corrected chi connectivity index (χ0v) is 15.8. The highest BCUT2D eigenvalue weighted by molar-refractivity contribution is 9.09. The number of ether oxygens (including phenoxy) is 2. The van der Waals surface area contributed by atoms with E-state index >= 15 is 0 Å². The summed E-state index contributed by atoms with van der Waals surface area (Å²) in [4.78, 5) is 22.7. The van der Waals surface area contributed by atoms with Crippen molar-refractivity contribution in [3.63, 3.8) is 0 Å². The summed E-state index contributed by atoms with van der Waals surface area (Å²) in [6.07, 6.45) is 0. The molecule has 23 heavy (non-hydrogen) atoms. The van der Waals surface area contributed by atoms with Crippen LogP contribution < -0.4 is 5.73 Å². The van der Waals surface area contributed by atoms with E-state index in [1.165, 1.54) is 14.2 Å². The van der Waals surface area contributed by atoms with E-state index < -0.39 is 5.97 Å². The SMILES string of the molecule is CC.COC(=O)c1ccc(C)c(C(=O)CBr)c1.COCC(=N)N. The summed E-state index contributed by atoms with van der Waals surface area (Å²) in [7, 11) is 2.82. The molecule has 0 heterocycles. The predicted molar refractivity (Wildman–Crippen MR) is 95.8 cm³/mol. The smallest absolute Gasteiger partial charge is 0.337 e. The Morgan fingerprint density at radius 3 is 2.17 bits per heavy atom. The van der Waals surface area contributed by atoms with Gasteiger partial charge in [-0.2, -0.15) is 0 Å². The molecule has 0 aliphatic heterocycles. The van der Waals surface area contributed by atoms with Gasteiger partial charge >= 0.3 is 5.97 Å². The highest BCUT2D eigenvalue weighted by Gasteiger charge is 2.12. The minimum Gasteiger partial charge on any atom is -0.465 e. The molecular weight excluding hydrogens is 364 g/mol. The number of carbonyl (C=O) groups is 2. The Balaban J connectivity index is 0. The summed E-state index contributed by atoms with van der Waals surface area (Å²) < 4.78 is 9.04. The van der Waals surface area contributed by atoms with Gasteiger partial charge in [0.25, 0.3) is 0 Å². The Morgan fingerprint density at radius 2 is 1.83 bits per heavy atom. The van der Waals surface area contributed by atoms with Gasteiger partial charge in [-0.25, -0.2) is 4.79 Å². The van der Waals surface area contributed by atoms with Crippen molar-refractivity contribution in [1.29, 1.82) is 5.41 Å². The van der Waals surface area contributed by atoms with E-state index in [1.807, 2.05) is 20.8 Å². The number of halogens is 1. The van der Waals surface area contributed by atoms with Gasteiger partial charge in [0.05, 0.1) is 18.0 Å². The van der Waals surface area contributed by atoms with Crippen LogP contribution in [-0.4, -0.2) is 43.7 Å². The van der Waals surface area contributed by atoms with E-state index in [2.05, 4.69) is 25.4 Å². The molecular formula is C16H25BrN2O4. The molecule has 130 valence electrons. The summed E-state index contributed by atoms with van der Waals surface area (Å²) in [5.41, 5.74) is 6.66. The van der Waals surface area contributed by atoms with Gasteiger partial charge in [-0.1, -0.05) is 35.8 Å². The average molecular weight is 389 g/mol. The molecule has 0 aromatic heterocycles. The number of alkyl halides is 1. The van der Waals surface area contributed by atoms with E-state index in [-0.39, 0.29) is 23.6 Å². The maximum Gasteiger partial charge on any atom is 0.337 e. The predicted octanol–water partition coefficient (Wildman–Crippen LogP) is 2.95. The van der Waals surface area contributed by atoms with Crippen LogP contribution in [0.3, 0.4) is 0 Å². The van der Waals surface area contributed by atoms with Gasteiger partial charge in [0.1, 0.15) is 12.4 Å². The maximum absolute atomic E-state index is 11.5. The Morgan fingerprint density at radius 1 is 1.26 bits per heavy atom. The fourth-order valence-corrected chi connectivity index (χ4v) is 1.70. The highest BCUT2D eigenvalue weighted by Crippen LogP contribution is 2.13. The van der Waals surface area contributed by atoms with Gasteiger partial charge in [0.2, 0.25) is 0 Å². The molecule has 6 nitrogen and oxygen atoms in total. The largest absolute Gasteiger partial charge is 0.465 e. The zero-order chi connectivity index (χ0) is 18.4. The minimum absolute atomic E-state index is 0.0433. The summed E-state index contributed by atoms with van der Waals surface area (Å²) in [6, 6.07) is 4.94. The van der Waals surface area contributed by atoms with Crippen molar-refractivity contribution in [3.05, 3.63) is 34.9 Å². The molecule has 0 radical (unpaired) electrons. The number of hydrogen-bond acceptors (Lipinski definition) is 5. The lowest BCUT2D eigenvalue weighted by Gasteiger charge is -2.05. The van der Waals surface area contributed by atoms with Crippen LogP contribution in [0.25, 0.3) is 0 Å². The first-order valence-corrected chi connectivity index (χ1v) is 8.09. The summed E-state index contributed by atoms with van der Waals surface area (Å²) in [5, 5.41) is 6.80. The van der Waals surface area contributed by atoms with E-state index in [9.17, 15) is 9.59 Å². The molecule has 1 aromatic carbocycles. The van der Waals surface area contributed by atoms with Crippen LogP contribution in [0.5, 0.6) is 0 Å². The quantitative estimate of drug-likeness (QED) is 0.265. The topological polar surface area (TPSA) is 102 Å². The second kappa shape index (κ2) is 13.9. The average Bonchev–Trinajstić information content (AvgIpc) is 2.56. The molecule has 0 aliphatic carbocycles.